The van der Waals surface area contributed by atoms with Crippen molar-refractivity contribution in [3.05, 3.63) is 5.82 Å². The lowest BCUT2D eigenvalue weighted by Gasteiger charge is -2.12. The zero-order valence-electron chi connectivity index (χ0n) is 8.69. The molecule has 0 radical (unpaired) electrons. The van der Waals surface area contributed by atoms with Crippen molar-refractivity contribution in [1.29, 1.82) is 0 Å². The van der Waals surface area contributed by atoms with Gasteiger partial charge >= 0.3 is 0 Å². The van der Waals surface area contributed by atoms with Crippen LogP contribution in [0.15, 0.2) is 5.16 Å². The zero-order chi connectivity index (χ0) is 11.6. The molecule has 0 aliphatic carbocycles. The van der Waals surface area contributed by atoms with Crippen LogP contribution in [0.25, 0.3) is 0 Å². The third-order valence-corrected chi connectivity index (χ3v) is 3.63. The molecular formula is C8H13ClN4O2S. The maximum atomic E-state index is 10.9. The van der Waals surface area contributed by atoms with Crippen molar-refractivity contribution in [2.45, 2.75) is 24.4 Å². The molecule has 1 aromatic rings. The van der Waals surface area contributed by atoms with E-state index >= 15 is 0 Å². The summed E-state index contributed by atoms with van der Waals surface area (Å²) in [5.74, 6) is 0.561. The molecule has 1 N–H and O–H groups in total. The maximum Gasteiger partial charge on any atom is 0.298 e. The molecule has 1 saturated heterocycles. The van der Waals surface area contributed by atoms with E-state index in [-0.39, 0.29) is 5.16 Å². The van der Waals surface area contributed by atoms with E-state index in [0.29, 0.717) is 12.2 Å². The standard InChI is InChI=1S/C8H13ClN4O2S/c9-16(14,15)8-10-7(11-12-8)3-6-13-4-1-2-5-13/h1-6H2,(H,10,11,12). The number of nitrogens with one attached hydrogen (secondary N) is 1. The van der Waals surface area contributed by atoms with Gasteiger partial charge in [0.05, 0.1) is 0 Å². The molecule has 0 saturated carbocycles. The van der Waals surface area contributed by atoms with Crippen LogP contribution in [0, 0.1) is 0 Å². The summed E-state index contributed by atoms with van der Waals surface area (Å²) in [6, 6.07) is 0. The van der Waals surface area contributed by atoms with E-state index in [0.717, 1.165) is 19.6 Å². The van der Waals surface area contributed by atoms with Crippen LogP contribution in [-0.2, 0) is 15.5 Å². The largest absolute Gasteiger partial charge is 0.303 e. The molecule has 1 aromatic heterocycles. The summed E-state index contributed by atoms with van der Waals surface area (Å²) >= 11 is 0. The van der Waals surface area contributed by atoms with Crippen molar-refractivity contribution in [2.75, 3.05) is 19.6 Å². The van der Waals surface area contributed by atoms with E-state index < -0.39 is 9.05 Å². The van der Waals surface area contributed by atoms with Crippen LogP contribution in [-0.4, -0.2) is 48.1 Å². The highest BCUT2D eigenvalue weighted by atomic mass is 35.7. The fraction of sp³-hybridized carbons (Fsp3) is 0.750. The predicted molar refractivity (Wildman–Crippen MR) is 58.8 cm³/mol. The third kappa shape index (κ3) is 2.93. The minimum atomic E-state index is -3.81. The van der Waals surface area contributed by atoms with Crippen LogP contribution >= 0.6 is 10.7 Å². The lowest BCUT2D eigenvalue weighted by molar-refractivity contribution is 0.341. The number of H-pyrrole nitrogens is 1. The van der Waals surface area contributed by atoms with Gasteiger partial charge in [0.25, 0.3) is 14.2 Å². The fourth-order valence-corrected chi connectivity index (χ4v) is 2.35. The summed E-state index contributed by atoms with van der Waals surface area (Å²) < 4.78 is 21.8. The Morgan fingerprint density at radius 2 is 2.06 bits per heavy atom. The number of hydrogen-bond donors (Lipinski definition) is 1. The van der Waals surface area contributed by atoms with Gasteiger partial charge in [-0.05, 0) is 25.9 Å². The zero-order valence-corrected chi connectivity index (χ0v) is 10.3. The molecule has 8 heteroatoms. The Hall–Kier alpha value is -0.660. The smallest absolute Gasteiger partial charge is 0.298 e. The van der Waals surface area contributed by atoms with Crippen LogP contribution in [0.1, 0.15) is 18.7 Å². The van der Waals surface area contributed by atoms with E-state index in [2.05, 4.69) is 20.1 Å². The second-order valence-electron chi connectivity index (χ2n) is 3.80. The first-order valence-corrected chi connectivity index (χ1v) is 7.45. The number of likely N-dealkylation sites (tertiary alicyclic amines) is 1. The minimum Gasteiger partial charge on any atom is -0.303 e. The van der Waals surface area contributed by atoms with Gasteiger partial charge in [-0.2, -0.15) is 0 Å². The average Bonchev–Trinajstić information content (AvgIpc) is 2.85. The van der Waals surface area contributed by atoms with Crippen molar-refractivity contribution >= 4 is 19.7 Å². The van der Waals surface area contributed by atoms with Crippen LogP contribution in [0.2, 0.25) is 0 Å². The highest BCUT2D eigenvalue weighted by molar-refractivity contribution is 8.13. The van der Waals surface area contributed by atoms with E-state index in [9.17, 15) is 8.42 Å². The van der Waals surface area contributed by atoms with Gasteiger partial charge in [0.1, 0.15) is 5.82 Å². The summed E-state index contributed by atoms with van der Waals surface area (Å²) in [5.41, 5.74) is 0. The lowest BCUT2D eigenvalue weighted by Crippen LogP contribution is -2.22. The van der Waals surface area contributed by atoms with Gasteiger partial charge in [-0.3, -0.25) is 5.10 Å². The quantitative estimate of drug-likeness (QED) is 0.795. The van der Waals surface area contributed by atoms with Crippen LogP contribution < -0.4 is 0 Å². The molecule has 16 heavy (non-hydrogen) atoms. The van der Waals surface area contributed by atoms with Crippen LogP contribution in [0.3, 0.4) is 0 Å². The normalized spacial score (nSPS) is 18.1. The second-order valence-corrected chi connectivity index (χ2v) is 6.26. The summed E-state index contributed by atoms with van der Waals surface area (Å²) in [6.45, 7) is 3.08. The van der Waals surface area contributed by atoms with E-state index in [4.69, 9.17) is 10.7 Å². The van der Waals surface area contributed by atoms with Gasteiger partial charge in [-0.15, -0.1) is 5.10 Å². The fourth-order valence-electron chi connectivity index (χ4n) is 1.77. The average molecular weight is 265 g/mol. The number of aromatic amines is 1. The Morgan fingerprint density at radius 3 is 2.62 bits per heavy atom. The van der Waals surface area contributed by atoms with Crippen LogP contribution in [0.4, 0.5) is 0 Å². The molecule has 0 bridgehead atoms. The Bertz CT molecular complexity index is 452. The van der Waals surface area contributed by atoms with E-state index in [1.165, 1.54) is 12.8 Å². The topological polar surface area (TPSA) is 79.0 Å². The molecule has 2 heterocycles. The van der Waals surface area contributed by atoms with Gasteiger partial charge in [0.15, 0.2) is 0 Å². The van der Waals surface area contributed by atoms with Gasteiger partial charge < -0.3 is 4.90 Å². The third-order valence-electron chi connectivity index (χ3n) is 2.59. The monoisotopic (exact) mass is 264 g/mol. The molecule has 0 atom stereocenters. The van der Waals surface area contributed by atoms with Crippen molar-refractivity contribution in [3.63, 3.8) is 0 Å². The molecule has 1 aliphatic rings. The molecule has 2 rings (SSSR count). The van der Waals surface area contributed by atoms with Crippen molar-refractivity contribution < 1.29 is 8.42 Å². The molecular weight excluding hydrogens is 252 g/mol. The number of halogens is 1. The molecule has 1 aliphatic heterocycles. The molecule has 0 amide bonds. The highest BCUT2D eigenvalue weighted by Gasteiger charge is 2.17. The first kappa shape index (κ1) is 11.8. The molecule has 1 fully saturated rings. The SMILES string of the molecule is O=S(=O)(Cl)c1n[nH]c(CCN2CCCC2)n1. The van der Waals surface area contributed by atoms with Gasteiger partial charge in [0, 0.05) is 23.6 Å². The molecule has 0 spiro atoms. The maximum absolute atomic E-state index is 10.9. The number of hydrogen-bond acceptors (Lipinski definition) is 5. The van der Waals surface area contributed by atoms with Gasteiger partial charge in [0.2, 0.25) is 0 Å². The van der Waals surface area contributed by atoms with Gasteiger partial charge in [-0.25, -0.2) is 13.4 Å². The van der Waals surface area contributed by atoms with E-state index in [1.807, 2.05) is 0 Å². The Labute approximate surface area is 98.4 Å². The Balaban J connectivity index is 1.92. The summed E-state index contributed by atoms with van der Waals surface area (Å²) in [5, 5.41) is 5.80. The van der Waals surface area contributed by atoms with Crippen molar-refractivity contribution in [3.8, 4) is 0 Å². The Morgan fingerprint density at radius 1 is 1.38 bits per heavy atom. The second kappa shape index (κ2) is 4.68. The van der Waals surface area contributed by atoms with Crippen LogP contribution in [0.5, 0.6) is 0 Å². The molecule has 6 nitrogen and oxygen atoms in total. The van der Waals surface area contributed by atoms with Crippen molar-refractivity contribution in [1.82, 2.24) is 20.1 Å². The molecule has 0 unspecified atom stereocenters. The first-order chi connectivity index (χ1) is 7.55. The minimum absolute atomic E-state index is 0.342. The summed E-state index contributed by atoms with van der Waals surface area (Å²) in [6.07, 6.45) is 3.13. The van der Waals surface area contributed by atoms with Gasteiger partial charge in [-0.1, -0.05) is 0 Å². The van der Waals surface area contributed by atoms with Crippen molar-refractivity contribution in [2.24, 2.45) is 0 Å². The predicted octanol–water partition coefficient (Wildman–Crippen LogP) is 0.371. The first-order valence-electron chi connectivity index (χ1n) is 5.14. The molecule has 90 valence electrons. The number of nitrogens with zero attached hydrogens (tertiary/aromatic N) is 3. The Kier molecular flexibility index (Phi) is 3.46. The lowest BCUT2D eigenvalue weighted by atomic mass is 10.4. The molecule has 0 aromatic carbocycles. The highest BCUT2D eigenvalue weighted by Crippen LogP contribution is 2.10. The number of rotatable bonds is 4. The van der Waals surface area contributed by atoms with E-state index in [1.54, 1.807) is 0 Å². The number of aromatic nitrogens is 3. The summed E-state index contributed by atoms with van der Waals surface area (Å²) in [4.78, 5) is 6.15. The summed E-state index contributed by atoms with van der Waals surface area (Å²) in [7, 11) is 1.30.